The number of aliphatic hydroxyl groups is 1. The average Bonchev–Trinajstić information content (AvgIpc) is 2.24. The van der Waals surface area contributed by atoms with Crippen LogP contribution >= 0.6 is 0 Å². The average molecular weight is 232 g/mol. The summed E-state index contributed by atoms with van der Waals surface area (Å²) in [5, 5.41) is 8.73. The number of halogens is 2. The molecule has 0 bridgehead atoms. The summed E-state index contributed by atoms with van der Waals surface area (Å²) in [6.07, 6.45) is -0.442. The highest BCUT2D eigenvalue weighted by Gasteiger charge is 2.42. The number of nitrogens with zero attached hydrogens (tertiary/aromatic N) is 1. The summed E-state index contributed by atoms with van der Waals surface area (Å²) >= 11 is 0. The molecule has 3 unspecified atom stereocenters. The van der Waals surface area contributed by atoms with E-state index in [9.17, 15) is 18.4 Å². The molecular weight excluding hydrogens is 222 g/mol. The van der Waals surface area contributed by atoms with E-state index in [4.69, 9.17) is 5.11 Å². The van der Waals surface area contributed by atoms with Crippen LogP contribution in [0.5, 0.6) is 0 Å². The molecule has 5 nitrogen and oxygen atoms in total. The predicted octanol–water partition coefficient (Wildman–Crippen LogP) is -0.433. The Hall–Kier alpha value is -1.50. The molecule has 3 atom stereocenters. The third-order valence-electron chi connectivity index (χ3n) is 2.88. The second-order valence-electron chi connectivity index (χ2n) is 3.83. The van der Waals surface area contributed by atoms with Crippen molar-refractivity contribution in [2.45, 2.75) is 18.6 Å². The van der Waals surface area contributed by atoms with Gasteiger partial charge in [0.2, 0.25) is 5.82 Å². The zero-order valence-corrected chi connectivity index (χ0v) is 8.19. The monoisotopic (exact) mass is 232 g/mol. The minimum Gasteiger partial charge on any atom is -0.396 e. The van der Waals surface area contributed by atoms with Gasteiger partial charge in [-0.1, -0.05) is 0 Å². The number of rotatable bonds is 2. The van der Waals surface area contributed by atoms with E-state index in [1.807, 2.05) is 0 Å². The summed E-state index contributed by atoms with van der Waals surface area (Å²) < 4.78 is 27.1. The van der Waals surface area contributed by atoms with Crippen LogP contribution in [-0.4, -0.2) is 27.4 Å². The van der Waals surface area contributed by atoms with Crippen molar-refractivity contribution in [3.8, 4) is 0 Å². The van der Waals surface area contributed by atoms with Crippen molar-refractivity contribution < 1.29 is 13.9 Å². The Labute approximate surface area is 88.3 Å². The molecule has 0 aliphatic heterocycles. The second kappa shape index (κ2) is 3.82. The Bertz CT molecular complexity index is 510. The predicted molar refractivity (Wildman–Crippen MR) is 50.4 cm³/mol. The fraction of sp³-hybridized carbons (Fsp3) is 0.556. The first-order valence-corrected chi connectivity index (χ1v) is 4.80. The van der Waals surface area contributed by atoms with Crippen molar-refractivity contribution in [2.24, 2.45) is 5.92 Å². The first-order chi connectivity index (χ1) is 7.54. The summed E-state index contributed by atoms with van der Waals surface area (Å²) in [7, 11) is 0. The maximum Gasteiger partial charge on any atom is 0.328 e. The smallest absolute Gasteiger partial charge is 0.328 e. The number of aromatic nitrogens is 2. The van der Waals surface area contributed by atoms with Crippen LogP contribution in [0.2, 0.25) is 0 Å². The van der Waals surface area contributed by atoms with Gasteiger partial charge in [-0.2, -0.15) is 4.39 Å². The fourth-order valence-electron chi connectivity index (χ4n) is 1.84. The number of nitrogens with one attached hydrogen (secondary N) is 1. The van der Waals surface area contributed by atoms with E-state index in [2.05, 4.69) is 0 Å². The number of aromatic amines is 1. The standard InChI is InChI=1S/C9H10F2N2O3/c10-5-2-13(9(16)12-8(5)15)6-1-4(3-14)7(6)11/h2,4,6-7,14H,1,3H2,(H,12,15,16). The van der Waals surface area contributed by atoms with Crippen LogP contribution < -0.4 is 11.2 Å². The van der Waals surface area contributed by atoms with Gasteiger partial charge >= 0.3 is 5.69 Å². The van der Waals surface area contributed by atoms with Crippen LogP contribution in [0, 0.1) is 11.7 Å². The lowest BCUT2D eigenvalue weighted by Gasteiger charge is -2.39. The first kappa shape index (κ1) is 11.0. The zero-order valence-electron chi connectivity index (χ0n) is 8.19. The van der Waals surface area contributed by atoms with E-state index in [1.165, 1.54) is 0 Å². The Morgan fingerprint density at radius 2 is 2.25 bits per heavy atom. The number of hydrogen-bond donors (Lipinski definition) is 2. The molecule has 0 aromatic carbocycles. The van der Waals surface area contributed by atoms with Crippen molar-refractivity contribution in [1.82, 2.24) is 9.55 Å². The minimum atomic E-state index is -1.40. The molecule has 2 N–H and O–H groups in total. The maximum atomic E-state index is 13.4. The lowest BCUT2D eigenvalue weighted by molar-refractivity contribution is -0.000804. The van der Waals surface area contributed by atoms with Gasteiger partial charge in [-0.05, 0) is 6.42 Å². The summed E-state index contributed by atoms with van der Waals surface area (Å²) in [5.41, 5.74) is -1.95. The third-order valence-corrected chi connectivity index (χ3v) is 2.88. The molecule has 16 heavy (non-hydrogen) atoms. The molecule has 1 heterocycles. The molecule has 1 aromatic heterocycles. The Kier molecular flexibility index (Phi) is 2.63. The minimum absolute atomic E-state index is 0.253. The van der Waals surface area contributed by atoms with E-state index in [0.29, 0.717) is 6.20 Å². The van der Waals surface area contributed by atoms with Crippen LogP contribution in [0.3, 0.4) is 0 Å². The number of H-pyrrole nitrogens is 1. The normalized spacial score (nSPS) is 28.8. The van der Waals surface area contributed by atoms with Gasteiger partial charge in [0.05, 0.1) is 12.2 Å². The molecule has 88 valence electrons. The summed E-state index contributed by atoms with van der Waals surface area (Å²) in [5.74, 6) is -1.65. The van der Waals surface area contributed by atoms with Crippen molar-refractivity contribution in [3.05, 3.63) is 32.9 Å². The summed E-state index contributed by atoms with van der Waals surface area (Å²) in [6, 6.07) is -0.809. The van der Waals surface area contributed by atoms with Gasteiger partial charge in [-0.15, -0.1) is 0 Å². The van der Waals surface area contributed by atoms with Gasteiger partial charge in [0.25, 0.3) is 5.56 Å². The van der Waals surface area contributed by atoms with Crippen LogP contribution in [-0.2, 0) is 0 Å². The molecule has 1 aliphatic carbocycles. The molecule has 1 fully saturated rings. The molecular formula is C9H10F2N2O3. The van der Waals surface area contributed by atoms with Crippen LogP contribution in [0.25, 0.3) is 0 Å². The molecule has 1 aromatic rings. The van der Waals surface area contributed by atoms with E-state index in [1.54, 1.807) is 4.98 Å². The van der Waals surface area contributed by atoms with Gasteiger partial charge in [0, 0.05) is 12.5 Å². The quantitative estimate of drug-likeness (QED) is 0.726. The van der Waals surface area contributed by atoms with Crippen molar-refractivity contribution in [1.29, 1.82) is 0 Å². The van der Waals surface area contributed by atoms with Crippen LogP contribution in [0.4, 0.5) is 8.78 Å². The molecule has 1 saturated carbocycles. The highest BCUT2D eigenvalue weighted by Crippen LogP contribution is 2.39. The lowest BCUT2D eigenvalue weighted by atomic mass is 9.78. The largest absolute Gasteiger partial charge is 0.396 e. The summed E-state index contributed by atoms with van der Waals surface area (Å²) in [6.45, 7) is -0.307. The number of aliphatic hydroxyl groups excluding tert-OH is 1. The molecule has 7 heteroatoms. The zero-order chi connectivity index (χ0) is 11.9. The van der Waals surface area contributed by atoms with E-state index in [0.717, 1.165) is 4.57 Å². The lowest BCUT2D eigenvalue weighted by Crippen LogP contribution is -2.47. The van der Waals surface area contributed by atoms with Crippen LogP contribution in [0.15, 0.2) is 15.8 Å². The molecule has 1 aliphatic rings. The molecule has 0 spiro atoms. The van der Waals surface area contributed by atoms with Gasteiger partial charge in [-0.3, -0.25) is 14.3 Å². The molecule has 0 amide bonds. The molecule has 0 radical (unpaired) electrons. The van der Waals surface area contributed by atoms with E-state index >= 15 is 0 Å². The second-order valence-corrected chi connectivity index (χ2v) is 3.83. The van der Waals surface area contributed by atoms with E-state index in [-0.39, 0.29) is 13.0 Å². The molecule has 0 saturated heterocycles. The highest BCUT2D eigenvalue weighted by molar-refractivity contribution is 4.98. The summed E-state index contributed by atoms with van der Waals surface area (Å²) in [4.78, 5) is 23.8. The Balaban J connectivity index is 2.33. The number of hydrogen-bond acceptors (Lipinski definition) is 3. The Morgan fingerprint density at radius 3 is 2.81 bits per heavy atom. The van der Waals surface area contributed by atoms with Gasteiger partial charge < -0.3 is 5.11 Å². The van der Waals surface area contributed by atoms with E-state index < -0.39 is 35.2 Å². The first-order valence-electron chi connectivity index (χ1n) is 4.80. The van der Waals surface area contributed by atoms with Crippen molar-refractivity contribution >= 4 is 0 Å². The fourth-order valence-corrected chi connectivity index (χ4v) is 1.84. The maximum absolute atomic E-state index is 13.4. The topological polar surface area (TPSA) is 75.1 Å². The third kappa shape index (κ3) is 1.57. The van der Waals surface area contributed by atoms with Gasteiger partial charge in [-0.25, -0.2) is 9.18 Å². The SMILES string of the molecule is O=c1[nH]c(=O)n(C2CC(CO)C2F)cc1F. The van der Waals surface area contributed by atoms with Crippen molar-refractivity contribution in [2.75, 3.05) is 6.61 Å². The van der Waals surface area contributed by atoms with Gasteiger partial charge in [0.15, 0.2) is 0 Å². The van der Waals surface area contributed by atoms with Gasteiger partial charge in [0.1, 0.15) is 6.17 Å². The molecule has 2 rings (SSSR count). The van der Waals surface area contributed by atoms with Crippen molar-refractivity contribution in [3.63, 3.8) is 0 Å². The van der Waals surface area contributed by atoms with Crippen LogP contribution in [0.1, 0.15) is 12.5 Å². The Morgan fingerprint density at radius 1 is 1.56 bits per heavy atom. The number of alkyl halides is 1. The highest BCUT2D eigenvalue weighted by atomic mass is 19.1.